The second-order valence-corrected chi connectivity index (χ2v) is 14.0. The lowest BCUT2D eigenvalue weighted by molar-refractivity contribution is -0.134. The summed E-state index contributed by atoms with van der Waals surface area (Å²) in [6, 6.07) is 11.9. The molecule has 31 nitrogen and oxygen atoms in total. The summed E-state index contributed by atoms with van der Waals surface area (Å²) in [6.07, 6.45) is 22.3. The van der Waals surface area contributed by atoms with Gasteiger partial charge in [0.05, 0.1) is 70.4 Å². The zero-order chi connectivity index (χ0) is 80.6. The Morgan fingerprint density at radius 3 is 0.541 bits per heavy atom. The number of nitriles is 7. The Bertz CT molecular complexity index is 2750. The highest BCUT2D eigenvalue weighted by Crippen LogP contribution is 2.11. The third-order valence-corrected chi connectivity index (χ3v) is 7.33. The van der Waals surface area contributed by atoms with Crippen molar-refractivity contribution < 1.29 is 83.1 Å². The second-order valence-electron chi connectivity index (χ2n) is 14.0. The number of amides is 7. The molecule has 0 bridgehead atoms. The van der Waals surface area contributed by atoms with E-state index in [9.17, 15) is 57.5 Å². The molecule has 0 aliphatic heterocycles. The fourth-order valence-corrected chi connectivity index (χ4v) is 2.93. The summed E-state index contributed by atoms with van der Waals surface area (Å²) in [5.74, 6) is -9.21. The minimum absolute atomic E-state index is 0.00714. The summed E-state index contributed by atoms with van der Waals surface area (Å²) < 4.78 is 0. The molecule has 0 aromatic rings. The molecule has 0 saturated carbocycles. The van der Waals surface area contributed by atoms with Crippen LogP contribution in [0.4, 0.5) is 0 Å². The van der Waals surface area contributed by atoms with Crippen LogP contribution in [0.3, 0.4) is 0 Å². The highest BCUT2D eigenvalue weighted by atomic mass is 16.4. The van der Waals surface area contributed by atoms with Crippen LogP contribution in [0, 0.1) is 79.3 Å². The number of carbonyl (C=O) groups is 12. The van der Waals surface area contributed by atoms with E-state index in [0.29, 0.717) is 6.42 Å². The number of aliphatic carboxylic acids is 5. The molecule has 0 spiro atoms. The van der Waals surface area contributed by atoms with Crippen molar-refractivity contribution in [2.24, 2.45) is 22.9 Å². The van der Waals surface area contributed by atoms with Gasteiger partial charge in [0.15, 0.2) is 0 Å². The van der Waals surface area contributed by atoms with Crippen LogP contribution in [0.15, 0.2) is 236 Å². The molecule has 7 amide bonds. The lowest BCUT2D eigenvalue weighted by atomic mass is 10.2. The summed E-state index contributed by atoms with van der Waals surface area (Å²) in [6.45, 7) is 52.2. The number of carboxylic acid groups (broad SMARTS) is 5. The van der Waals surface area contributed by atoms with Gasteiger partial charge in [-0.3, -0.25) is 43.4 Å². The third-order valence-electron chi connectivity index (χ3n) is 7.33. The van der Waals surface area contributed by atoms with E-state index in [-0.39, 0.29) is 53.5 Å². The predicted molar refractivity (Wildman–Crippen MR) is 371 cm³/mol. The molecule has 31 heteroatoms. The van der Waals surface area contributed by atoms with Gasteiger partial charge in [0.1, 0.15) is 0 Å². The molecule has 0 heterocycles. The van der Waals surface area contributed by atoms with Crippen LogP contribution in [0.25, 0.3) is 0 Å². The Morgan fingerprint density at radius 1 is 0.316 bits per heavy atom. The van der Waals surface area contributed by atoms with Gasteiger partial charge in [0.25, 0.3) is 11.8 Å². The lowest BCUT2D eigenvalue weighted by Gasteiger charge is -2.14. The van der Waals surface area contributed by atoms with Crippen molar-refractivity contribution in [2.75, 3.05) is 0 Å². The monoisotopic (exact) mass is 1360 g/mol. The number of carboxylic acids is 5. The average molecular weight is 1360 g/mol. The van der Waals surface area contributed by atoms with Gasteiger partial charge >= 0.3 is 29.8 Å². The van der Waals surface area contributed by atoms with Gasteiger partial charge < -0.3 is 53.8 Å². The summed E-state index contributed by atoms with van der Waals surface area (Å²) >= 11 is 0. The number of carbonyl (C=O) groups excluding carboxylic acids is 7. The lowest BCUT2D eigenvalue weighted by Crippen LogP contribution is -2.21. The van der Waals surface area contributed by atoms with Crippen molar-refractivity contribution >= 4 is 71.2 Å². The molecule has 0 aromatic carbocycles. The first-order valence-electron chi connectivity index (χ1n) is 26.1. The van der Waals surface area contributed by atoms with E-state index in [4.69, 9.17) is 62.4 Å². The van der Waals surface area contributed by atoms with E-state index >= 15 is 0 Å². The van der Waals surface area contributed by atoms with Gasteiger partial charge in [0, 0.05) is 73.5 Å². The highest BCUT2D eigenvalue weighted by molar-refractivity contribution is 5.95. The van der Waals surface area contributed by atoms with Gasteiger partial charge in [-0.15, -0.1) is 0 Å². The Balaban J connectivity index is -0.0000000685. The van der Waals surface area contributed by atoms with Gasteiger partial charge in [-0.05, 0) is 74.6 Å². The summed E-state index contributed by atoms with van der Waals surface area (Å²) in [7, 11) is 0. The van der Waals surface area contributed by atoms with E-state index in [1.165, 1.54) is 48.7 Å². The van der Waals surface area contributed by atoms with Crippen LogP contribution in [-0.4, -0.2) is 107 Å². The first-order valence-corrected chi connectivity index (χ1v) is 26.1. The number of nitrogens with two attached hydrogens (primary N) is 4. The molecule has 14 N–H and O–H groups in total. The molecule has 0 aliphatic rings. The topological polar surface area (TPSA) is 595 Å². The molecular formula is C67H86N14O17. The molecule has 0 unspecified atom stereocenters. The number of nitrogens with one attached hydrogen (secondary N) is 1. The number of nitrogens with zero attached hydrogens (tertiary/aromatic N) is 9. The van der Waals surface area contributed by atoms with Crippen molar-refractivity contribution in [3.63, 3.8) is 0 Å². The first-order chi connectivity index (χ1) is 45.8. The molecule has 0 aromatic heterocycles. The zero-order valence-electron chi connectivity index (χ0n) is 55.4. The number of allylic oxidation sites excluding steroid dienone is 7. The van der Waals surface area contributed by atoms with Gasteiger partial charge in [-0.25, -0.2) is 24.0 Å². The Labute approximate surface area is 572 Å². The number of primary amides is 4. The SMILES string of the molecule is C=CC#N.C=CC#N.C=CC#N.C=CC#N.C=CC#N.C=CC#N.C=CC#N.C=CC(=O)N(C=C(CC)C(=O)O)C=C(CC)C(=O)O.C=CC(=O)N(C=C(CC)C(=O)O)C=C(CC)C(=O)O.C=CC(=O)NC=C(CC)C(=O)O.C=CC(N)=O.C=CC(N)=O.C=CC(N)=O.C=CC(N)=O. The molecule has 0 saturated heterocycles. The first kappa shape index (κ1) is 117. The largest absolute Gasteiger partial charge is 0.478 e. The van der Waals surface area contributed by atoms with Crippen molar-refractivity contribution in [1.29, 1.82) is 36.8 Å². The third kappa shape index (κ3) is 123. The van der Waals surface area contributed by atoms with Crippen LogP contribution >= 0.6 is 0 Å². The molecule has 0 radical (unpaired) electrons. The van der Waals surface area contributed by atoms with E-state index < -0.39 is 71.2 Å². The molecule has 0 rings (SSSR count). The molecule has 98 heavy (non-hydrogen) atoms. The van der Waals surface area contributed by atoms with Gasteiger partial charge in [-0.2, -0.15) is 36.8 Å². The van der Waals surface area contributed by atoms with Gasteiger partial charge in [0.2, 0.25) is 29.5 Å². The second kappa shape index (κ2) is 98.4. The molecule has 526 valence electrons. The van der Waals surface area contributed by atoms with E-state index in [1.807, 2.05) is 0 Å². The Morgan fingerprint density at radius 2 is 0.459 bits per heavy atom. The van der Waals surface area contributed by atoms with E-state index in [2.05, 4.69) is 120 Å². The predicted octanol–water partition coefficient (Wildman–Crippen LogP) is 7.69. The maximum atomic E-state index is 11.6. The summed E-state index contributed by atoms with van der Waals surface area (Å²) in [5, 5.41) is 99.0. The minimum Gasteiger partial charge on any atom is -0.478 e. The van der Waals surface area contributed by atoms with Crippen LogP contribution in [0.1, 0.15) is 66.7 Å². The molecule has 0 atom stereocenters. The maximum Gasteiger partial charge on any atom is 0.333 e. The van der Waals surface area contributed by atoms with Crippen molar-refractivity contribution in [2.45, 2.75) is 66.7 Å². The van der Waals surface area contributed by atoms with Crippen molar-refractivity contribution in [1.82, 2.24) is 15.1 Å². The zero-order valence-corrected chi connectivity index (χ0v) is 55.4. The van der Waals surface area contributed by atoms with Crippen LogP contribution < -0.4 is 28.3 Å². The normalized spacial score (nSPS) is 8.29. The van der Waals surface area contributed by atoms with E-state index in [0.717, 1.165) is 77.1 Å². The Kier molecular flexibility index (Phi) is 118. The number of hydrogen-bond donors (Lipinski definition) is 10. The average Bonchev–Trinajstić information content (AvgIpc) is 0.901. The number of rotatable bonds is 22. The standard InChI is InChI=1S/2C13H17NO5.C8H11NO3.4C3H5NO.7C3H3N/c2*1-4-9(12(16)17)7-14(11(15)6-3)8-10(5-2)13(18)19;1-3-6(8(11)12)5-9-7(10)4-2;4*1-2-3(4)5;7*1-2-3-4/h2*6-8H,3-5H2,1-2H3,(H,16,17)(H,18,19);4-5H,2-3H2,1H3,(H,9,10)(H,11,12);4*2H,1H2,(H2,4,5);7*2H,1H2. The maximum absolute atomic E-state index is 11.6. The molecule has 0 aliphatic carbocycles. The quantitative estimate of drug-likeness (QED) is 0.0367. The van der Waals surface area contributed by atoms with Crippen LogP contribution in [-0.2, 0) is 57.5 Å². The Hall–Kier alpha value is -14.9. The smallest absolute Gasteiger partial charge is 0.333 e. The van der Waals surface area contributed by atoms with Crippen molar-refractivity contribution in [3.8, 4) is 42.5 Å². The molecule has 0 fully saturated rings. The molecular weight excluding hydrogens is 1270 g/mol. The fraction of sp³-hybridized carbons (Fsp3) is 0.149. The van der Waals surface area contributed by atoms with Crippen LogP contribution in [0.2, 0.25) is 0 Å². The van der Waals surface area contributed by atoms with Crippen LogP contribution in [0.5, 0.6) is 0 Å². The van der Waals surface area contributed by atoms with E-state index in [1.54, 1.807) is 77.1 Å². The minimum atomic E-state index is -1.16. The summed E-state index contributed by atoms with van der Waals surface area (Å²) in [4.78, 5) is 127. The fourth-order valence-electron chi connectivity index (χ4n) is 2.93. The summed E-state index contributed by atoms with van der Waals surface area (Å²) in [5.41, 5.74) is 18.3. The van der Waals surface area contributed by atoms with Gasteiger partial charge in [-0.1, -0.05) is 127 Å². The highest BCUT2D eigenvalue weighted by Gasteiger charge is 2.15. The number of hydrogen-bond acceptors (Lipinski definition) is 19. The van der Waals surface area contributed by atoms with Crippen molar-refractivity contribution in [3.05, 3.63) is 236 Å².